The van der Waals surface area contributed by atoms with Gasteiger partial charge in [-0.15, -0.1) is 0 Å². The Balaban J connectivity index is 1.71. The van der Waals surface area contributed by atoms with Crippen LogP contribution < -0.4 is 20.1 Å². The zero-order valence-corrected chi connectivity index (χ0v) is 20.1. The fraction of sp³-hybridized carbons (Fsp3) is 0.375. The molecule has 0 radical (unpaired) electrons. The minimum absolute atomic E-state index is 0.133. The van der Waals surface area contributed by atoms with Crippen molar-refractivity contribution in [1.29, 1.82) is 0 Å². The molecule has 3 unspecified atom stereocenters. The summed E-state index contributed by atoms with van der Waals surface area (Å²) in [6, 6.07) is 15.0. The quantitative estimate of drug-likeness (QED) is 0.337. The number of aliphatic hydroxyl groups excluding tert-OH is 2. The molecule has 0 heterocycles. The third kappa shape index (κ3) is 6.68. The molecule has 3 atom stereocenters. The van der Waals surface area contributed by atoms with Crippen LogP contribution in [0.15, 0.2) is 60.2 Å². The van der Waals surface area contributed by atoms with Gasteiger partial charge in [0.15, 0.2) is 0 Å². The molecule has 8 heteroatoms. The van der Waals surface area contributed by atoms with Crippen molar-refractivity contribution in [2.24, 2.45) is 0 Å². The summed E-state index contributed by atoms with van der Waals surface area (Å²) in [5.74, 6) is 1.19. The van der Waals surface area contributed by atoms with Crippen LogP contribution >= 0.6 is 22.6 Å². The van der Waals surface area contributed by atoms with Crippen molar-refractivity contribution < 1.29 is 24.5 Å². The molecule has 32 heavy (non-hydrogen) atoms. The van der Waals surface area contributed by atoms with Crippen molar-refractivity contribution >= 4 is 28.5 Å². The van der Waals surface area contributed by atoms with Crippen molar-refractivity contribution in [1.82, 2.24) is 10.6 Å². The number of aliphatic hydroxyl groups is 2. The van der Waals surface area contributed by atoms with Gasteiger partial charge in [0.1, 0.15) is 23.7 Å². The molecule has 7 nitrogen and oxygen atoms in total. The lowest BCUT2D eigenvalue weighted by atomic mass is 9.89. The van der Waals surface area contributed by atoms with E-state index in [1.807, 2.05) is 48.5 Å². The lowest BCUT2D eigenvalue weighted by molar-refractivity contribution is -0.118. The normalized spacial score (nSPS) is 20.4. The molecule has 1 amide bonds. The van der Waals surface area contributed by atoms with Crippen molar-refractivity contribution in [3.8, 4) is 11.5 Å². The Morgan fingerprint density at radius 2 is 2.00 bits per heavy atom. The van der Waals surface area contributed by atoms with Gasteiger partial charge in [-0.3, -0.25) is 4.79 Å². The molecule has 0 spiro atoms. The lowest BCUT2D eigenvalue weighted by Gasteiger charge is -2.34. The SMILES string of the molecule is COc1cccc(CCNC2CC(C(=O)NCCO)=CC(Oc3ccccc3I)C2O)c1. The van der Waals surface area contributed by atoms with E-state index >= 15 is 0 Å². The highest BCUT2D eigenvalue weighted by Gasteiger charge is 2.35. The van der Waals surface area contributed by atoms with Crippen LogP contribution in [0.25, 0.3) is 0 Å². The van der Waals surface area contributed by atoms with E-state index in [0.29, 0.717) is 24.3 Å². The summed E-state index contributed by atoms with van der Waals surface area (Å²) in [7, 11) is 1.64. The van der Waals surface area contributed by atoms with Gasteiger partial charge in [-0.25, -0.2) is 0 Å². The maximum atomic E-state index is 12.6. The number of amides is 1. The highest BCUT2D eigenvalue weighted by Crippen LogP contribution is 2.27. The number of carbonyl (C=O) groups is 1. The van der Waals surface area contributed by atoms with Crippen LogP contribution in [0.5, 0.6) is 11.5 Å². The lowest BCUT2D eigenvalue weighted by Crippen LogP contribution is -2.52. The summed E-state index contributed by atoms with van der Waals surface area (Å²) in [5.41, 5.74) is 1.64. The van der Waals surface area contributed by atoms with Crippen LogP contribution in [-0.2, 0) is 11.2 Å². The number of halogens is 1. The molecule has 0 bridgehead atoms. The Kier molecular flexibility index (Phi) is 9.34. The molecule has 0 aromatic heterocycles. The molecular formula is C24H29IN2O5. The summed E-state index contributed by atoms with van der Waals surface area (Å²) in [5, 5.41) is 26.1. The first-order valence-corrected chi connectivity index (χ1v) is 11.6. The second kappa shape index (κ2) is 12.2. The van der Waals surface area contributed by atoms with Crippen LogP contribution in [0.4, 0.5) is 0 Å². The van der Waals surface area contributed by atoms with Crippen molar-refractivity contribution in [3.05, 3.63) is 69.3 Å². The van der Waals surface area contributed by atoms with E-state index in [1.54, 1.807) is 13.2 Å². The minimum Gasteiger partial charge on any atom is -0.497 e. The summed E-state index contributed by atoms with van der Waals surface area (Å²) < 4.78 is 12.3. The van der Waals surface area contributed by atoms with E-state index < -0.39 is 12.2 Å². The number of methoxy groups -OCH3 is 1. The molecule has 172 valence electrons. The van der Waals surface area contributed by atoms with Gasteiger partial charge in [0.05, 0.1) is 17.3 Å². The zero-order valence-electron chi connectivity index (χ0n) is 18.0. The zero-order chi connectivity index (χ0) is 22.9. The molecule has 2 aromatic carbocycles. The van der Waals surface area contributed by atoms with Gasteiger partial charge in [-0.2, -0.15) is 0 Å². The maximum Gasteiger partial charge on any atom is 0.247 e. The van der Waals surface area contributed by atoms with Gasteiger partial charge in [0.2, 0.25) is 5.91 Å². The number of hydrogen-bond acceptors (Lipinski definition) is 6. The fourth-order valence-corrected chi connectivity index (χ4v) is 4.13. The smallest absolute Gasteiger partial charge is 0.247 e. The maximum absolute atomic E-state index is 12.6. The summed E-state index contributed by atoms with van der Waals surface area (Å²) in [6.07, 6.45) is 1.29. The predicted molar refractivity (Wildman–Crippen MR) is 131 cm³/mol. The molecule has 1 aliphatic carbocycles. The molecule has 0 fully saturated rings. The topological polar surface area (TPSA) is 100 Å². The summed E-state index contributed by atoms with van der Waals surface area (Å²) in [6.45, 7) is 0.663. The highest BCUT2D eigenvalue weighted by molar-refractivity contribution is 14.1. The van der Waals surface area contributed by atoms with E-state index in [0.717, 1.165) is 21.3 Å². The Morgan fingerprint density at radius 3 is 2.75 bits per heavy atom. The number of hydrogen-bond donors (Lipinski definition) is 4. The third-order valence-corrected chi connectivity index (χ3v) is 6.19. The van der Waals surface area contributed by atoms with Gasteiger partial charge in [0, 0.05) is 18.2 Å². The average Bonchev–Trinajstić information content (AvgIpc) is 2.81. The Labute approximate surface area is 202 Å². The number of ether oxygens (including phenoxy) is 2. The second-order valence-electron chi connectivity index (χ2n) is 7.54. The number of carbonyl (C=O) groups excluding carboxylic acids is 1. The summed E-state index contributed by atoms with van der Waals surface area (Å²) in [4.78, 5) is 12.6. The standard InChI is InChI=1S/C24H29IN2O5/c1-31-18-6-4-5-16(13-18)9-10-26-20-14-17(24(30)27-11-12-28)15-22(23(20)29)32-21-8-3-2-7-19(21)25/h2-8,13,15,20,22-23,26,28-29H,9-12,14H2,1H3,(H,27,30). The fourth-order valence-electron chi connectivity index (χ4n) is 3.62. The monoisotopic (exact) mass is 552 g/mol. The summed E-state index contributed by atoms with van der Waals surface area (Å²) >= 11 is 2.18. The number of nitrogens with one attached hydrogen (secondary N) is 2. The molecule has 4 N–H and O–H groups in total. The van der Waals surface area contributed by atoms with E-state index in [9.17, 15) is 9.90 Å². The van der Waals surface area contributed by atoms with Gasteiger partial charge in [-0.1, -0.05) is 24.3 Å². The molecule has 2 aromatic rings. The number of rotatable bonds is 10. The van der Waals surface area contributed by atoms with Gasteiger partial charge >= 0.3 is 0 Å². The largest absolute Gasteiger partial charge is 0.497 e. The molecule has 0 saturated heterocycles. The first kappa shape index (κ1) is 24.5. The highest BCUT2D eigenvalue weighted by atomic mass is 127. The molecular weight excluding hydrogens is 523 g/mol. The first-order chi connectivity index (χ1) is 15.5. The second-order valence-corrected chi connectivity index (χ2v) is 8.70. The molecule has 0 aliphatic heterocycles. The van der Waals surface area contributed by atoms with E-state index in [2.05, 4.69) is 33.2 Å². The first-order valence-electron chi connectivity index (χ1n) is 10.6. The van der Waals surface area contributed by atoms with Crippen LogP contribution in [0, 0.1) is 3.57 Å². The van der Waals surface area contributed by atoms with Crippen molar-refractivity contribution in [2.75, 3.05) is 26.8 Å². The van der Waals surface area contributed by atoms with Crippen molar-refractivity contribution in [2.45, 2.75) is 31.1 Å². The Bertz CT molecular complexity index is 936. The van der Waals surface area contributed by atoms with Crippen molar-refractivity contribution in [3.63, 3.8) is 0 Å². The number of benzene rings is 2. The Hall–Kier alpha value is -2.14. The molecule has 0 saturated carbocycles. The van der Waals surface area contributed by atoms with Crippen LogP contribution in [0.2, 0.25) is 0 Å². The van der Waals surface area contributed by atoms with Crippen LogP contribution in [-0.4, -0.2) is 61.2 Å². The van der Waals surface area contributed by atoms with Crippen LogP contribution in [0.1, 0.15) is 12.0 Å². The van der Waals surface area contributed by atoms with E-state index in [-0.39, 0.29) is 25.1 Å². The third-order valence-electron chi connectivity index (χ3n) is 5.30. The average molecular weight is 552 g/mol. The predicted octanol–water partition coefficient (Wildman–Crippen LogP) is 2.05. The molecule has 3 rings (SSSR count). The van der Waals surface area contributed by atoms with Gasteiger partial charge in [-0.05, 0) is 77.9 Å². The van der Waals surface area contributed by atoms with Crippen LogP contribution in [0.3, 0.4) is 0 Å². The van der Waals surface area contributed by atoms with E-state index in [1.165, 1.54) is 0 Å². The Morgan fingerprint density at radius 1 is 1.19 bits per heavy atom. The van der Waals surface area contributed by atoms with Gasteiger partial charge < -0.3 is 30.3 Å². The number of para-hydroxylation sites is 1. The molecule has 1 aliphatic rings. The minimum atomic E-state index is -0.828. The van der Waals surface area contributed by atoms with E-state index in [4.69, 9.17) is 14.6 Å². The van der Waals surface area contributed by atoms with Gasteiger partial charge in [0.25, 0.3) is 0 Å².